The van der Waals surface area contributed by atoms with E-state index in [0.29, 0.717) is 11.4 Å². The molecule has 4 atom stereocenters. The number of imidazole rings is 1. The third kappa shape index (κ3) is 11.2. The first kappa shape index (κ1) is 30.4. The molecule has 0 saturated heterocycles. The van der Waals surface area contributed by atoms with Crippen molar-refractivity contribution in [1.82, 2.24) is 25.9 Å². The molecule has 1 rings (SSSR count). The van der Waals surface area contributed by atoms with Gasteiger partial charge in [0.2, 0.25) is 23.6 Å². The van der Waals surface area contributed by atoms with Crippen LogP contribution in [0.4, 0.5) is 0 Å². The molecule has 10 N–H and O–H groups in total. The molecule has 0 radical (unpaired) electrons. The minimum Gasteiger partial charge on any atom is -0.481 e. The number of carbonyl (C=O) groups is 6. The van der Waals surface area contributed by atoms with Crippen molar-refractivity contribution in [2.75, 3.05) is 12.0 Å². The van der Waals surface area contributed by atoms with Gasteiger partial charge in [-0.15, -0.1) is 0 Å². The normalized spacial score (nSPS) is 14.1. The van der Waals surface area contributed by atoms with Crippen LogP contribution in [0.2, 0.25) is 0 Å². The molecule has 16 heteroatoms. The van der Waals surface area contributed by atoms with Crippen LogP contribution < -0.4 is 27.4 Å². The fourth-order valence-electron chi connectivity index (χ4n) is 2.95. The lowest BCUT2D eigenvalue weighted by Crippen LogP contribution is -2.58. The Bertz CT molecular complexity index is 927. The molecule has 1 aromatic heterocycles. The van der Waals surface area contributed by atoms with Gasteiger partial charge in [0.1, 0.15) is 18.1 Å². The maximum atomic E-state index is 13.0. The molecule has 0 aliphatic heterocycles. The summed E-state index contributed by atoms with van der Waals surface area (Å²) in [5.74, 6) is -5.69. The predicted octanol–water partition coefficient (Wildman–Crippen LogP) is -2.69. The molecule has 0 spiro atoms. The number of thioether (sulfide) groups is 1. The van der Waals surface area contributed by atoms with Crippen LogP contribution in [0.3, 0.4) is 0 Å². The van der Waals surface area contributed by atoms with Gasteiger partial charge in [-0.2, -0.15) is 11.8 Å². The molecule has 0 aliphatic carbocycles. The second kappa shape index (κ2) is 15.4. The molecule has 1 heterocycles. The summed E-state index contributed by atoms with van der Waals surface area (Å²) in [7, 11) is 0. The Balaban J connectivity index is 3.03. The quantitative estimate of drug-likeness (QED) is 0.103. The lowest BCUT2D eigenvalue weighted by Gasteiger charge is -2.24. The van der Waals surface area contributed by atoms with Crippen LogP contribution in [0.1, 0.15) is 31.4 Å². The molecule has 15 nitrogen and oxygen atoms in total. The second-order valence-corrected chi connectivity index (χ2v) is 8.78. The number of primary amides is 1. The number of carboxylic acids is 2. The van der Waals surface area contributed by atoms with Gasteiger partial charge in [0.25, 0.3) is 0 Å². The summed E-state index contributed by atoms with van der Waals surface area (Å²) in [6, 6.07) is -5.40. The van der Waals surface area contributed by atoms with E-state index in [2.05, 4.69) is 25.9 Å². The van der Waals surface area contributed by atoms with Gasteiger partial charge in [0, 0.05) is 24.7 Å². The number of hydrogen-bond donors (Lipinski definition) is 8. The number of aromatic amines is 1. The van der Waals surface area contributed by atoms with Crippen molar-refractivity contribution in [2.24, 2.45) is 11.5 Å². The number of carbonyl (C=O) groups excluding carboxylic acids is 4. The topological polar surface area (TPSA) is 260 Å². The Labute approximate surface area is 210 Å². The van der Waals surface area contributed by atoms with Crippen LogP contribution in [-0.4, -0.2) is 91.9 Å². The van der Waals surface area contributed by atoms with Crippen LogP contribution in [0.15, 0.2) is 12.5 Å². The summed E-state index contributed by atoms with van der Waals surface area (Å²) in [4.78, 5) is 78.5. The molecule has 0 aromatic carbocycles. The summed E-state index contributed by atoms with van der Waals surface area (Å²) in [6.07, 6.45) is 3.38. The third-order valence-corrected chi connectivity index (χ3v) is 5.53. The molecular weight excluding hydrogens is 498 g/mol. The Hall–Kier alpha value is -3.66. The van der Waals surface area contributed by atoms with Gasteiger partial charge in [-0.25, -0.2) is 9.78 Å². The Morgan fingerprint density at radius 3 is 2.14 bits per heavy atom. The predicted molar refractivity (Wildman–Crippen MR) is 127 cm³/mol. The minimum absolute atomic E-state index is 0.0732. The molecule has 0 bridgehead atoms. The Morgan fingerprint density at radius 1 is 1.00 bits per heavy atom. The maximum absolute atomic E-state index is 13.0. The highest BCUT2D eigenvalue weighted by Gasteiger charge is 2.32. The van der Waals surface area contributed by atoms with E-state index in [1.807, 2.05) is 0 Å². The number of amides is 4. The van der Waals surface area contributed by atoms with Gasteiger partial charge in [-0.05, 0) is 24.9 Å². The lowest BCUT2D eigenvalue weighted by atomic mass is 10.1. The number of nitrogens with two attached hydrogens (primary N) is 2. The van der Waals surface area contributed by atoms with Crippen molar-refractivity contribution in [3.63, 3.8) is 0 Å². The molecule has 0 aliphatic rings. The average molecular weight is 530 g/mol. The van der Waals surface area contributed by atoms with Crippen molar-refractivity contribution in [1.29, 1.82) is 0 Å². The molecule has 0 saturated carbocycles. The molecule has 1 aromatic rings. The van der Waals surface area contributed by atoms with Gasteiger partial charge in [-0.3, -0.25) is 24.0 Å². The van der Waals surface area contributed by atoms with Crippen LogP contribution in [0, 0.1) is 0 Å². The highest BCUT2D eigenvalue weighted by Crippen LogP contribution is 2.05. The summed E-state index contributed by atoms with van der Waals surface area (Å²) >= 11 is 1.36. The zero-order valence-corrected chi connectivity index (χ0v) is 20.4. The van der Waals surface area contributed by atoms with E-state index in [1.165, 1.54) is 24.3 Å². The first-order valence-electron chi connectivity index (χ1n) is 10.8. The summed E-state index contributed by atoms with van der Waals surface area (Å²) in [6.45, 7) is 0. The summed E-state index contributed by atoms with van der Waals surface area (Å²) < 4.78 is 0. The molecule has 200 valence electrons. The van der Waals surface area contributed by atoms with Gasteiger partial charge < -0.3 is 42.6 Å². The molecule has 36 heavy (non-hydrogen) atoms. The number of aliphatic carboxylic acids is 2. The average Bonchev–Trinajstić information content (AvgIpc) is 3.31. The Kier molecular flexibility index (Phi) is 13.0. The molecule has 4 amide bonds. The highest BCUT2D eigenvalue weighted by molar-refractivity contribution is 7.98. The van der Waals surface area contributed by atoms with Crippen LogP contribution in [0.25, 0.3) is 0 Å². The van der Waals surface area contributed by atoms with Crippen molar-refractivity contribution in [3.05, 3.63) is 18.2 Å². The van der Waals surface area contributed by atoms with E-state index in [4.69, 9.17) is 11.5 Å². The smallest absolute Gasteiger partial charge is 0.326 e. The fourth-order valence-corrected chi connectivity index (χ4v) is 3.43. The molecule has 4 unspecified atom stereocenters. The summed E-state index contributed by atoms with van der Waals surface area (Å²) in [5.41, 5.74) is 11.2. The largest absolute Gasteiger partial charge is 0.481 e. The van der Waals surface area contributed by atoms with Gasteiger partial charge in [0.15, 0.2) is 0 Å². The number of carboxylic acid groups (broad SMARTS) is 2. The van der Waals surface area contributed by atoms with Crippen molar-refractivity contribution >= 4 is 47.3 Å². The maximum Gasteiger partial charge on any atom is 0.326 e. The third-order valence-electron chi connectivity index (χ3n) is 4.89. The van der Waals surface area contributed by atoms with E-state index in [1.54, 1.807) is 6.26 Å². The van der Waals surface area contributed by atoms with Crippen LogP contribution >= 0.6 is 11.8 Å². The lowest BCUT2D eigenvalue weighted by molar-refractivity contribution is -0.143. The van der Waals surface area contributed by atoms with E-state index in [0.717, 1.165) is 0 Å². The highest BCUT2D eigenvalue weighted by atomic mass is 32.2. The van der Waals surface area contributed by atoms with Gasteiger partial charge >= 0.3 is 11.9 Å². The number of H-pyrrole nitrogens is 1. The number of nitrogens with one attached hydrogen (secondary N) is 4. The van der Waals surface area contributed by atoms with Crippen LogP contribution in [-0.2, 0) is 35.2 Å². The van der Waals surface area contributed by atoms with E-state index < -0.39 is 66.2 Å². The molecular formula is C20H31N7O8S. The Morgan fingerprint density at radius 2 is 1.61 bits per heavy atom. The first-order chi connectivity index (χ1) is 16.9. The van der Waals surface area contributed by atoms with Crippen molar-refractivity contribution < 1.29 is 39.0 Å². The summed E-state index contributed by atoms with van der Waals surface area (Å²) in [5, 5.41) is 25.4. The number of hydrogen-bond acceptors (Lipinski definition) is 9. The van der Waals surface area contributed by atoms with Gasteiger partial charge in [-0.1, -0.05) is 0 Å². The minimum atomic E-state index is -1.63. The SMILES string of the molecule is CSCCC(NC(=O)C(CC(=O)O)NC(=O)C(Cc1cnc[nH]1)NC(=O)C(N)CCC(N)=O)C(=O)O. The van der Waals surface area contributed by atoms with E-state index in [9.17, 15) is 39.0 Å². The van der Waals surface area contributed by atoms with Crippen molar-refractivity contribution in [2.45, 2.75) is 56.3 Å². The standard InChI is InChI=1S/C20H31N7O8S/c1-36-5-4-12(20(34)35)25-19(33)14(7-16(29)30)27-18(32)13(6-10-8-23-9-24-10)26-17(31)11(21)2-3-15(22)28/h8-9,11-14H,2-7,21H2,1H3,(H2,22,28)(H,23,24)(H,25,33)(H,26,31)(H,27,32)(H,29,30)(H,34,35). The molecule has 0 fully saturated rings. The number of rotatable bonds is 17. The monoisotopic (exact) mass is 529 g/mol. The van der Waals surface area contributed by atoms with Crippen LogP contribution in [0.5, 0.6) is 0 Å². The fraction of sp³-hybridized carbons (Fsp3) is 0.550. The van der Waals surface area contributed by atoms with E-state index >= 15 is 0 Å². The van der Waals surface area contributed by atoms with Crippen molar-refractivity contribution in [3.8, 4) is 0 Å². The van der Waals surface area contributed by atoms with E-state index in [-0.39, 0.29) is 25.7 Å². The number of nitrogens with zero attached hydrogens (tertiary/aromatic N) is 1. The second-order valence-electron chi connectivity index (χ2n) is 7.79. The zero-order chi connectivity index (χ0) is 27.3. The van der Waals surface area contributed by atoms with Gasteiger partial charge in [0.05, 0.1) is 18.8 Å². The first-order valence-corrected chi connectivity index (χ1v) is 12.2. The number of aromatic nitrogens is 2. The zero-order valence-electron chi connectivity index (χ0n) is 19.6.